The number of thioether (sulfide) groups is 1. The van der Waals surface area contributed by atoms with Gasteiger partial charge in [-0.25, -0.2) is 0 Å². The second-order valence-corrected chi connectivity index (χ2v) is 9.08. The third-order valence-electron chi connectivity index (χ3n) is 4.92. The van der Waals surface area contributed by atoms with Crippen LogP contribution in [0.15, 0.2) is 83.8 Å². The van der Waals surface area contributed by atoms with Crippen LogP contribution in [-0.4, -0.2) is 32.7 Å². The van der Waals surface area contributed by atoms with Crippen molar-refractivity contribution < 1.29 is 24.2 Å². The highest BCUT2D eigenvalue weighted by Crippen LogP contribution is 2.33. The minimum absolute atomic E-state index is 0.231. The summed E-state index contributed by atoms with van der Waals surface area (Å²) in [6.07, 6.45) is 1.70. The molecule has 1 saturated heterocycles. The van der Waals surface area contributed by atoms with Gasteiger partial charge in [0.1, 0.15) is 35.6 Å². The number of carbonyl (C=O) groups is 2. The number of para-hydroxylation sites is 1. The third-order valence-corrected chi connectivity index (χ3v) is 6.30. The molecule has 3 aromatic rings. The summed E-state index contributed by atoms with van der Waals surface area (Å²) in [6, 6.07) is 24.9. The number of hydrogen-bond acceptors (Lipinski definition) is 6. The van der Waals surface area contributed by atoms with Gasteiger partial charge in [-0.05, 0) is 41.5 Å². The minimum atomic E-state index is -1.11. The van der Waals surface area contributed by atoms with Crippen LogP contribution in [-0.2, 0) is 22.8 Å². The lowest BCUT2D eigenvalue weighted by Gasteiger charge is -2.14. The quantitative estimate of drug-likeness (QED) is 0.328. The van der Waals surface area contributed by atoms with E-state index in [0.717, 1.165) is 39.1 Å². The summed E-state index contributed by atoms with van der Waals surface area (Å²) in [5.74, 6) is -0.117. The number of rotatable bonds is 9. The second-order valence-electron chi connectivity index (χ2n) is 7.40. The van der Waals surface area contributed by atoms with E-state index in [1.165, 1.54) is 0 Å². The molecule has 0 radical (unpaired) electrons. The molecular weight excluding hydrogens is 470 g/mol. The van der Waals surface area contributed by atoms with Gasteiger partial charge in [0.2, 0.25) is 0 Å². The van der Waals surface area contributed by atoms with Crippen LogP contribution in [0.4, 0.5) is 0 Å². The molecule has 0 unspecified atom stereocenters. The van der Waals surface area contributed by atoms with E-state index < -0.39 is 18.4 Å². The molecule has 0 saturated carbocycles. The Hall–Kier alpha value is -3.62. The van der Waals surface area contributed by atoms with Gasteiger partial charge in [0.25, 0.3) is 5.91 Å². The topological polar surface area (TPSA) is 76.1 Å². The zero-order valence-corrected chi connectivity index (χ0v) is 19.7. The average molecular weight is 492 g/mol. The Bertz CT molecular complexity index is 1230. The van der Waals surface area contributed by atoms with Crippen LogP contribution in [0.25, 0.3) is 6.08 Å². The van der Waals surface area contributed by atoms with Crippen molar-refractivity contribution in [3.8, 4) is 11.5 Å². The number of carboxylic acid groups (broad SMARTS) is 1. The first-order valence-electron chi connectivity index (χ1n) is 10.4. The monoisotopic (exact) mass is 491 g/mol. The molecule has 0 aromatic heterocycles. The Morgan fingerprint density at radius 3 is 2.38 bits per heavy atom. The van der Waals surface area contributed by atoms with E-state index in [9.17, 15) is 9.59 Å². The summed E-state index contributed by atoms with van der Waals surface area (Å²) in [5.41, 5.74) is 2.62. The Labute approximate surface area is 206 Å². The first-order chi connectivity index (χ1) is 16.5. The smallest absolute Gasteiger partial charge is 0.323 e. The summed E-state index contributed by atoms with van der Waals surface area (Å²) >= 11 is 6.27. The van der Waals surface area contributed by atoms with Crippen molar-refractivity contribution in [1.82, 2.24) is 4.90 Å². The van der Waals surface area contributed by atoms with E-state index >= 15 is 0 Å². The van der Waals surface area contributed by atoms with Crippen LogP contribution in [0.2, 0.25) is 0 Å². The highest BCUT2D eigenvalue weighted by atomic mass is 32.2. The Morgan fingerprint density at radius 1 is 0.971 bits per heavy atom. The number of hydrogen-bond donors (Lipinski definition) is 1. The van der Waals surface area contributed by atoms with Crippen molar-refractivity contribution >= 4 is 46.3 Å². The van der Waals surface area contributed by atoms with E-state index in [-0.39, 0.29) is 10.9 Å². The third kappa shape index (κ3) is 6.03. The molecule has 1 heterocycles. The molecule has 6 nitrogen and oxygen atoms in total. The summed E-state index contributed by atoms with van der Waals surface area (Å²) < 4.78 is 12.2. The normalized spacial score (nSPS) is 14.5. The standard InChI is InChI=1S/C26H21NO5S2/c28-24(29)15-27-25(30)23(34-26(27)33)14-19-11-12-22(32-16-18-7-3-1-4-8-18)20(13-19)17-31-21-9-5-2-6-10-21/h1-14H,15-17H2,(H,28,29). The van der Waals surface area contributed by atoms with Crippen molar-refractivity contribution in [3.63, 3.8) is 0 Å². The van der Waals surface area contributed by atoms with Crippen molar-refractivity contribution in [2.75, 3.05) is 6.54 Å². The molecule has 34 heavy (non-hydrogen) atoms. The fourth-order valence-corrected chi connectivity index (χ4v) is 4.53. The highest BCUT2D eigenvalue weighted by molar-refractivity contribution is 8.26. The maximum Gasteiger partial charge on any atom is 0.323 e. The van der Waals surface area contributed by atoms with Gasteiger partial charge >= 0.3 is 5.97 Å². The van der Waals surface area contributed by atoms with Gasteiger partial charge in [0.05, 0.1) is 4.91 Å². The molecule has 0 atom stereocenters. The largest absolute Gasteiger partial charge is 0.489 e. The summed E-state index contributed by atoms with van der Waals surface area (Å²) in [7, 11) is 0. The average Bonchev–Trinajstić information content (AvgIpc) is 3.10. The highest BCUT2D eigenvalue weighted by Gasteiger charge is 2.33. The molecule has 4 rings (SSSR count). The Balaban J connectivity index is 1.57. The number of carbonyl (C=O) groups excluding carboxylic acids is 1. The summed E-state index contributed by atoms with van der Waals surface area (Å²) in [6.45, 7) is 0.229. The van der Waals surface area contributed by atoms with Crippen LogP contribution in [0, 0.1) is 0 Å². The molecule has 1 N–H and O–H groups in total. The molecule has 172 valence electrons. The lowest BCUT2D eigenvalue weighted by molar-refractivity contribution is -0.140. The van der Waals surface area contributed by atoms with E-state index in [4.69, 9.17) is 26.8 Å². The van der Waals surface area contributed by atoms with Crippen LogP contribution in [0.1, 0.15) is 16.7 Å². The van der Waals surface area contributed by atoms with Gasteiger partial charge in [0.15, 0.2) is 0 Å². The number of nitrogens with zero attached hydrogens (tertiary/aromatic N) is 1. The van der Waals surface area contributed by atoms with Gasteiger partial charge in [0, 0.05) is 5.56 Å². The number of aliphatic carboxylic acids is 1. The summed E-state index contributed by atoms with van der Waals surface area (Å²) in [5, 5.41) is 9.03. The number of ether oxygens (including phenoxy) is 2. The number of carboxylic acids is 1. The van der Waals surface area contributed by atoms with E-state index in [1.54, 1.807) is 6.08 Å². The molecular formula is C26H21NO5S2. The number of thiocarbonyl (C=S) groups is 1. The SMILES string of the molecule is O=C(O)CN1C(=O)C(=Cc2ccc(OCc3ccccc3)c(COc3ccccc3)c2)SC1=S. The van der Waals surface area contributed by atoms with Crippen molar-refractivity contribution in [3.05, 3.63) is 100 Å². The maximum atomic E-state index is 12.6. The minimum Gasteiger partial charge on any atom is -0.489 e. The van der Waals surface area contributed by atoms with Gasteiger partial charge < -0.3 is 14.6 Å². The molecule has 1 amide bonds. The van der Waals surface area contributed by atoms with Crippen molar-refractivity contribution in [2.45, 2.75) is 13.2 Å². The van der Waals surface area contributed by atoms with Crippen molar-refractivity contribution in [1.29, 1.82) is 0 Å². The van der Waals surface area contributed by atoms with E-state index in [1.807, 2.05) is 78.9 Å². The molecule has 0 aliphatic carbocycles. The molecule has 1 aliphatic rings. The van der Waals surface area contributed by atoms with E-state index in [0.29, 0.717) is 17.3 Å². The molecule has 3 aromatic carbocycles. The Kier molecular flexibility index (Phi) is 7.61. The van der Waals surface area contributed by atoms with Gasteiger partial charge in [-0.1, -0.05) is 78.6 Å². The molecule has 1 aliphatic heterocycles. The predicted molar refractivity (Wildman–Crippen MR) is 136 cm³/mol. The predicted octanol–water partition coefficient (Wildman–Crippen LogP) is 5.13. The first-order valence-corrected chi connectivity index (χ1v) is 11.7. The molecule has 1 fully saturated rings. The summed E-state index contributed by atoms with van der Waals surface area (Å²) in [4.78, 5) is 25.1. The molecule has 0 bridgehead atoms. The second kappa shape index (κ2) is 11.0. The Morgan fingerprint density at radius 2 is 1.68 bits per heavy atom. The zero-order valence-electron chi connectivity index (χ0n) is 18.0. The molecule has 0 spiro atoms. The van der Waals surface area contributed by atoms with Crippen LogP contribution in [0.5, 0.6) is 11.5 Å². The molecule has 8 heteroatoms. The lowest BCUT2D eigenvalue weighted by Crippen LogP contribution is -2.33. The van der Waals surface area contributed by atoms with Gasteiger partial charge in [-0.3, -0.25) is 14.5 Å². The number of benzene rings is 3. The van der Waals surface area contributed by atoms with E-state index in [2.05, 4.69) is 0 Å². The fraction of sp³-hybridized carbons (Fsp3) is 0.115. The van der Waals surface area contributed by atoms with Crippen LogP contribution < -0.4 is 9.47 Å². The number of amides is 1. The van der Waals surface area contributed by atoms with Gasteiger partial charge in [-0.15, -0.1) is 0 Å². The maximum absolute atomic E-state index is 12.6. The zero-order chi connectivity index (χ0) is 23.9. The van der Waals surface area contributed by atoms with Crippen LogP contribution >= 0.6 is 24.0 Å². The fourth-order valence-electron chi connectivity index (χ4n) is 3.28. The first kappa shape index (κ1) is 23.5. The van der Waals surface area contributed by atoms with Crippen LogP contribution in [0.3, 0.4) is 0 Å². The lowest BCUT2D eigenvalue weighted by atomic mass is 10.1. The van der Waals surface area contributed by atoms with Crippen molar-refractivity contribution in [2.24, 2.45) is 0 Å². The van der Waals surface area contributed by atoms with Gasteiger partial charge in [-0.2, -0.15) is 0 Å².